The molecule has 2 amide bonds. The fourth-order valence-electron chi connectivity index (χ4n) is 6.08. The largest absolute Gasteiger partial charge is 0.273 e. The van der Waals surface area contributed by atoms with E-state index in [-0.39, 0.29) is 23.0 Å². The highest BCUT2D eigenvalue weighted by Gasteiger charge is 2.54. The predicted octanol–water partition coefficient (Wildman–Crippen LogP) is 3.76. The van der Waals surface area contributed by atoms with E-state index in [0.29, 0.717) is 17.8 Å². The average molecular weight is 431 g/mol. The quantitative estimate of drug-likeness (QED) is 0.438. The van der Waals surface area contributed by atoms with Crippen LogP contribution in [0.15, 0.2) is 11.4 Å². The van der Waals surface area contributed by atoms with E-state index in [1.165, 1.54) is 41.5 Å². The second-order valence-corrected chi connectivity index (χ2v) is 11.3. The maximum Gasteiger partial charge on any atom is 0.248 e. The summed E-state index contributed by atoms with van der Waals surface area (Å²) in [5, 5.41) is 1.85. The van der Waals surface area contributed by atoms with Crippen molar-refractivity contribution in [2.24, 2.45) is 23.2 Å². The molecule has 29 heavy (non-hydrogen) atoms. The Morgan fingerprint density at radius 1 is 1.10 bits per heavy atom. The third-order valence-corrected chi connectivity index (χ3v) is 9.21. The van der Waals surface area contributed by atoms with Crippen LogP contribution in [0.2, 0.25) is 0 Å². The molecular formula is C21H26N4O2S2. The Bertz CT molecular complexity index is 951. The van der Waals surface area contributed by atoms with Crippen molar-refractivity contribution in [1.29, 1.82) is 0 Å². The van der Waals surface area contributed by atoms with Crippen LogP contribution in [0, 0.1) is 37.0 Å². The molecule has 2 heterocycles. The van der Waals surface area contributed by atoms with E-state index in [2.05, 4.69) is 34.7 Å². The number of amides is 2. The van der Waals surface area contributed by atoms with Crippen molar-refractivity contribution < 1.29 is 9.59 Å². The van der Waals surface area contributed by atoms with Crippen molar-refractivity contribution in [3.05, 3.63) is 16.8 Å². The fourth-order valence-corrected chi connectivity index (χ4v) is 7.99. The van der Waals surface area contributed by atoms with Crippen molar-refractivity contribution in [2.75, 3.05) is 5.75 Å². The molecule has 0 atom stereocenters. The molecular weight excluding hydrogens is 404 g/mol. The smallest absolute Gasteiger partial charge is 0.248 e. The van der Waals surface area contributed by atoms with Gasteiger partial charge in [0.1, 0.15) is 16.2 Å². The van der Waals surface area contributed by atoms with Gasteiger partial charge in [-0.25, -0.2) is 9.97 Å². The number of hydrazine groups is 1. The second-order valence-electron chi connectivity index (χ2n) is 9.13. The predicted molar refractivity (Wildman–Crippen MR) is 115 cm³/mol. The van der Waals surface area contributed by atoms with E-state index in [4.69, 9.17) is 0 Å². The number of nitrogens with one attached hydrogen (secondary N) is 2. The Kier molecular flexibility index (Phi) is 4.81. The highest BCUT2D eigenvalue weighted by Crippen LogP contribution is 2.60. The number of aryl methyl sites for hydroxylation is 2. The van der Waals surface area contributed by atoms with Gasteiger partial charge in [0.25, 0.3) is 0 Å². The van der Waals surface area contributed by atoms with E-state index in [0.717, 1.165) is 34.5 Å². The lowest BCUT2D eigenvalue weighted by molar-refractivity contribution is -0.148. The first-order chi connectivity index (χ1) is 13.9. The van der Waals surface area contributed by atoms with E-state index < -0.39 is 0 Å². The zero-order valence-corrected chi connectivity index (χ0v) is 18.4. The summed E-state index contributed by atoms with van der Waals surface area (Å²) < 4.78 is 0. The second kappa shape index (κ2) is 7.23. The molecule has 2 N–H and O–H groups in total. The molecule has 8 heteroatoms. The highest BCUT2D eigenvalue weighted by atomic mass is 32.2. The summed E-state index contributed by atoms with van der Waals surface area (Å²) in [5.74, 6) is 2.14. The van der Waals surface area contributed by atoms with Crippen LogP contribution in [-0.4, -0.2) is 27.5 Å². The first kappa shape index (κ1) is 19.3. The topological polar surface area (TPSA) is 84.0 Å². The molecule has 4 saturated carbocycles. The Hall–Kier alpha value is -1.67. The average Bonchev–Trinajstić information content (AvgIpc) is 2.98. The molecule has 4 aliphatic rings. The minimum atomic E-state index is -0.251. The molecule has 0 radical (unpaired) electrons. The number of thiophene rings is 1. The lowest BCUT2D eigenvalue weighted by Crippen LogP contribution is -2.56. The van der Waals surface area contributed by atoms with Crippen molar-refractivity contribution in [3.63, 3.8) is 0 Å². The van der Waals surface area contributed by atoms with Gasteiger partial charge in [0, 0.05) is 10.3 Å². The molecule has 2 aromatic rings. The SMILES string of the molecule is Cc1sc2ncnc(SCC(=O)NNC(=O)C34CC5CC(CC(C5)C3)C4)c2c1C. The standard InChI is InChI=1S/C21H26N4O2S2/c1-11-12(2)29-19-17(11)18(22-10-23-19)28-9-16(26)24-25-20(27)21-6-13-3-14(7-21)5-15(4-13)8-21/h10,13-15H,3-9H2,1-2H3,(H,24,26)(H,25,27). The van der Waals surface area contributed by atoms with Gasteiger partial charge in [-0.1, -0.05) is 11.8 Å². The first-order valence-electron chi connectivity index (χ1n) is 10.4. The Balaban J connectivity index is 1.19. The van der Waals surface area contributed by atoms with E-state index in [1.807, 2.05) is 0 Å². The summed E-state index contributed by atoms with van der Waals surface area (Å²) in [6.45, 7) is 4.14. The van der Waals surface area contributed by atoms with Gasteiger partial charge in [-0.2, -0.15) is 0 Å². The summed E-state index contributed by atoms with van der Waals surface area (Å²) in [5.41, 5.74) is 6.31. The molecule has 4 bridgehead atoms. The molecule has 6 nitrogen and oxygen atoms in total. The first-order valence-corrected chi connectivity index (χ1v) is 12.2. The van der Waals surface area contributed by atoms with Gasteiger partial charge in [0.05, 0.1) is 11.2 Å². The van der Waals surface area contributed by atoms with E-state index in [9.17, 15) is 9.59 Å². The monoisotopic (exact) mass is 430 g/mol. The van der Waals surface area contributed by atoms with Crippen LogP contribution in [-0.2, 0) is 9.59 Å². The Morgan fingerprint density at radius 3 is 2.41 bits per heavy atom. The number of hydrogen-bond donors (Lipinski definition) is 2. The number of thioether (sulfide) groups is 1. The molecule has 0 saturated heterocycles. The van der Waals surface area contributed by atoms with Crippen molar-refractivity contribution in [1.82, 2.24) is 20.8 Å². The molecule has 154 valence electrons. The fraction of sp³-hybridized carbons (Fsp3) is 0.619. The molecule has 2 aromatic heterocycles. The molecule has 0 unspecified atom stereocenters. The summed E-state index contributed by atoms with van der Waals surface area (Å²) in [7, 11) is 0. The Morgan fingerprint density at radius 2 is 1.76 bits per heavy atom. The van der Waals surface area contributed by atoms with Gasteiger partial charge in [-0.05, 0) is 75.7 Å². The minimum Gasteiger partial charge on any atom is -0.273 e. The zero-order chi connectivity index (χ0) is 20.2. The zero-order valence-electron chi connectivity index (χ0n) is 16.8. The maximum absolute atomic E-state index is 12.9. The van der Waals surface area contributed by atoms with Crippen LogP contribution in [0.5, 0.6) is 0 Å². The maximum atomic E-state index is 12.9. The number of nitrogens with zero attached hydrogens (tertiary/aromatic N) is 2. The summed E-state index contributed by atoms with van der Waals surface area (Å²) in [6.07, 6.45) is 8.41. The van der Waals surface area contributed by atoms with Crippen molar-refractivity contribution in [3.8, 4) is 0 Å². The van der Waals surface area contributed by atoms with Crippen LogP contribution < -0.4 is 10.9 Å². The van der Waals surface area contributed by atoms with Crippen molar-refractivity contribution in [2.45, 2.75) is 57.4 Å². The molecule has 6 rings (SSSR count). The van der Waals surface area contributed by atoms with Crippen molar-refractivity contribution >= 4 is 45.1 Å². The van der Waals surface area contributed by atoms with Gasteiger partial charge < -0.3 is 0 Å². The van der Waals surface area contributed by atoms with Gasteiger partial charge in [-0.15, -0.1) is 11.3 Å². The third-order valence-electron chi connectivity index (χ3n) is 7.11. The van der Waals surface area contributed by atoms with Gasteiger partial charge in [-0.3, -0.25) is 20.4 Å². The highest BCUT2D eigenvalue weighted by molar-refractivity contribution is 8.00. The molecule has 0 aromatic carbocycles. The van der Waals surface area contributed by atoms with Crippen LogP contribution in [0.25, 0.3) is 10.2 Å². The van der Waals surface area contributed by atoms with Gasteiger partial charge in [0.15, 0.2) is 0 Å². The molecule has 0 aliphatic heterocycles. The molecule has 0 spiro atoms. The minimum absolute atomic E-state index is 0.0173. The lowest BCUT2D eigenvalue weighted by Gasteiger charge is -2.55. The van der Waals surface area contributed by atoms with Gasteiger partial charge in [0.2, 0.25) is 11.8 Å². The number of fused-ring (bicyclic) bond motifs is 1. The van der Waals surface area contributed by atoms with Crippen LogP contribution in [0.4, 0.5) is 0 Å². The molecule has 4 fully saturated rings. The van der Waals surface area contributed by atoms with Crippen LogP contribution in [0.3, 0.4) is 0 Å². The lowest BCUT2D eigenvalue weighted by atomic mass is 9.49. The van der Waals surface area contributed by atoms with Crippen LogP contribution in [0.1, 0.15) is 49.0 Å². The van der Waals surface area contributed by atoms with E-state index in [1.54, 1.807) is 17.7 Å². The van der Waals surface area contributed by atoms with Crippen LogP contribution >= 0.6 is 23.1 Å². The third kappa shape index (κ3) is 3.44. The Labute approximate surface area is 178 Å². The number of carbonyl (C=O) groups is 2. The van der Waals surface area contributed by atoms with E-state index >= 15 is 0 Å². The number of hydrogen-bond acceptors (Lipinski definition) is 6. The summed E-state index contributed by atoms with van der Waals surface area (Å²) >= 11 is 3.04. The number of carbonyl (C=O) groups excluding carboxylic acids is 2. The van der Waals surface area contributed by atoms with Gasteiger partial charge >= 0.3 is 0 Å². The number of rotatable bonds is 4. The number of aromatic nitrogens is 2. The molecule has 4 aliphatic carbocycles. The summed E-state index contributed by atoms with van der Waals surface area (Å²) in [4.78, 5) is 36.2. The normalized spacial score (nSPS) is 29.9. The summed E-state index contributed by atoms with van der Waals surface area (Å²) in [6, 6.07) is 0.